The number of carbonyl (C=O) groups excluding carboxylic acids is 1. The maximum Gasteiger partial charge on any atom is 0.253 e. The summed E-state index contributed by atoms with van der Waals surface area (Å²) in [4.78, 5) is 18.8. The predicted molar refractivity (Wildman–Crippen MR) is 98.6 cm³/mol. The molecule has 6 nitrogen and oxygen atoms in total. The smallest absolute Gasteiger partial charge is 0.253 e. The number of carbonyl (C=O) groups is 1. The lowest BCUT2D eigenvalue weighted by Crippen LogP contribution is -2.31. The summed E-state index contributed by atoms with van der Waals surface area (Å²) in [5.74, 6) is 1.13. The number of hydrogen-bond donors (Lipinski definition) is 1. The second-order valence-corrected chi connectivity index (χ2v) is 7.63. The van der Waals surface area contributed by atoms with E-state index in [1.807, 2.05) is 24.3 Å². The van der Waals surface area contributed by atoms with Crippen molar-refractivity contribution in [3.63, 3.8) is 0 Å². The van der Waals surface area contributed by atoms with Crippen LogP contribution in [-0.4, -0.2) is 40.1 Å². The molecule has 0 saturated carbocycles. The van der Waals surface area contributed by atoms with Crippen molar-refractivity contribution in [2.24, 2.45) is 11.1 Å². The zero-order valence-corrected chi connectivity index (χ0v) is 15.7. The largest absolute Gasteiger partial charge is 0.339 e. The summed E-state index contributed by atoms with van der Waals surface area (Å²) in [5.41, 5.74) is 7.38. The van der Waals surface area contributed by atoms with Gasteiger partial charge in [-0.05, 0) is 24.0 Å². The van der Waals surface area contributed by atoms with Crippen molar-refractivity contribution in [3.8, 4) is 11.4 Å². The van der Waals surface area contributed by atoms with Gasteiger partial charge in [-0.2, -0.15) is 4.98 Å². The van der Waals surface area contributed by atoms with Gasteiger partial charge in [0, 0.05) is 36.7 Å². The number of rotatable bonds is 3. The van der Waals surface area contributed by atoms with E-state index in [9.17, 15) is 4.79 Å². The van der Waals surface area contributed by atoms with Gasteiger partial charge in [0.1, 0.15) is 0 Å². The summed E-state index contributed by atoms with van der Waals surface area (Å²) < 4.78 is 5.34. The van der Waals surface area contributed by atoms with Crippen LogP contribution in [0.2, 0.25) is 0 Å². The van der Waals surface area contributed by atoms with Gasteiger partial charge in [0.2, 0.25) is 11.7 Å². The number of aromatic nitrogens is 2. The highest BCUT2D eigenvalue weighted by Crippen LogP contribution is 2.23. The Bertz CT molecular complexity index is 739. The minimum atomic E-state index is 0. The van der Waals surface area contributed by atoms with Gasteiger partial charge >= 0.3 is 0 Å². The van der Waals surface area contributed by atoms with E-state index in [2.05, 4.69) is 30.9 Å². The van der Waals surface area contributed by atoms with Crippen LogP contribution in [-0.2, 0) is 6.42 Å². The lowest BCUT2D eigenvalue weighted by molar-refractivity contribution is 0.0791. The molecule has 1 aliphatic heterocycles. The Labute approximate surface area is 154 Å². The monoisotopic (exact) mass is 364 g/mol. The van der Waals surface area contributed by atoms with Gasteiger partial charge in [-0.1, -0.05) is 38.1 Å². The lowest BCUT2D eigenvalue weighted by Gasteiger charge is -2.16. The third-order valence-corrected chi connectivity index (χ3v) is 4.03. The minimum Gasteiger partial charge on any atom is -0.339 e. The van der Waals surface area contributed by atoms with Crippen molar-refractivity contribution < 1.29 is 9.32 Å². The average Bonchev–Trinajstić information content (AvgIpc) is 3.14. The molecule has 2 heterocycles. The Morgan fingerprint density at radius 1 is 1.40 bits per heavy atom. The number of benzene rings is 1. The lowest BCUT2D eigenvalue weighted by atomic mass is 9.92. The minimum absolute atomic E-state index is 0. The Balaban J connectivity index is 0.00000225. The molecule has 25 heavy (non-hydrogen) atoms. The summed E-state index contributed by atoms with van der Waals surface area (Å²) in [5, 5.41) is 4.05. The molecule has 2 aromatic rings. The summed E-state index contributed by atoms with van der Waals surface area (Å²) >= 11 is 0. The molecule has 1 aromatic heterocycles. The van der Waals surface area contributed by atoms with E-state index in [4.69, 9.17) is 10.3 Å². The molecule has 0 aliphatic carbocycles. The summed E-state index contributed by atoms with van der Waals surface area (Å²) in [6.45, 7) is 7.69. The van der Waals surface area contributed by atoms with E-state index in [1.165, 1.54) is 0 Å². The van der Waals surface area contributed by atoms with E-state index < -0.39 is 0 Å². The highest BCUT2D eigenvalue weighted by atomic mass is 35.5. The predicted octanol–water partition coefficient (Wildman–Crippen LogP) is 2.92. The molecule has 0 bridgehead atoms. The van der Waals surface area contributed by atoms with Crippen molar-refractivity contribution >= 4 is 18.3 Å². The van der Waals surface area contributed by atoms with Crippen LogP contribution in [0.3, 0.4) is 0 Å². The first-order valence-corrected chi connectivity index (χ1v) is 8.30. The molecular weight excluding hydrogens is 340 g/mol. The van der Waals surface area contributed by atoms with Gasteiger partial charge < -0.3 is 15.2 Å². The molecule has 1 amide bonds. The number of hydrogen-bond acceptors (Lipinski definition) is 5. The molecule has 1 aliphatic rings. The van der Waals surface area contributed by atoms with Crippen molar-refractivity contribution in [2.75, 3.05) is 13.1 Å². The van der Waals surface area contributed by atoms with E-state index in [-0.39, 0.29) is 29.8 Å². The third-order valence-electron chi connectivity index (χ3n) is 4.03. The highest BCUT2D eigenvalue weighted by molar-refractivity contribution is 5.95. The summed E-state index contributed by atoms with van der Waals surface area (Å²) in [7, 11) is 0. The fourth-order valence-corrected chi connectivity index (χ4v) is 2.84. The number of likely N-dealkylation sites (tertiary alicyclic amines) is 1. The van der Waals surface area contributed by atoms with Crippen LogP contribution in [0.25, 0.3) is 11.4 Å². The quantitative estimate of drug-likeness (QED) is 0.905. The van der Waals surface area contributed by atoms with Crippen LogP contribution in [0.5, 0.6) is 0 Å². The van der Waals surface area contributed by atoms with E-state index in [0.717, 1.165) is 12.0 Å². The van der Waals surface area contributed by atoms with Crippen LogP contribution >= 0.6 is 12.4 Å². The number of nitrogens with zero attached hydrogens (tertiary/aromatic N) is 3. The first-order chi connectivity index (χ1) is 11.3. The molecule has 0 spiro atoms. The molecule has 1 atom stereocenters. The van der Waals surface area contributed by atoms with Crippen molar-refractivity contribution in [1.82, 2.24) is 15.0 Å². The topological polar surface area (TPSA) is 85.2 Å². The molecule has 0 unspecified atom stereocenters. The van der Waals surface area contributed by atoms with E-state index in [0.29, 0.717) is 36.8 Å². The Morgan fingerprint density at radius 2 is 2.16 bits per heavy atom. The van der Waals surface area contributed by atoms with Crippen LogP contribution in [0, 0.1) is 5.41 Å². The average molecular weight is 365 g/mol. The first-order valence-electron chi connectivity index (χ1n) is 8.30. The van der Waals surface area contributed by atoms with Crippen molar-refractivity contribution in [1.29, 1.82) is 0 Å². The maximum absolute atomic E-state index is 12.6. The number of amides is 1. The Morgan fingerprint density at radius 3 is 2.80 bits per heavy atom. The SMILES string of the molecule is CC(C)(C)Cc1nc(-c2cccc(C(=O)N3CC[C@@H](N)C3)c2)no1.Cl. The second kappa shape index (κ2) is 7.54. The van der Waals surface area contributed by atoms with Crippen LogP contribution in [0.15, 0.2) is 28.8 Å². The summed E-state index contributed by atoms with van der Waals surface area (Å²) in [6.07, 6.45) is 1.57. The molecule has 2 N–H and O–H groups in total. The summed E-state index contributed by atoms with van der Waals surface area (Å²) in [6, 6.07) is 7.44. The number of halogens is 1. The van der Waals surface area contributed by atoms with E-state index in [1.54, 1.807) is 4.90 Å². The molecule has 136 valence electrons. The molecule has 0 radical (unpaired) electrons. The normalized spacial score (nSPS) is 17.4. The third kappa shape index (κ3) is 4.80. The number of nitrogens with two attached hydrogens (primary N) is 1. The van der Waals surface area contributed by atoms with Gasteiger partial charge in [0.05, 0.1) is 0 Å². The van der Waals surface area contributed by atoms with Gasteiger partial charge in [0.15, 0.2) is 0 Å². The maximum atomic E-state index is 12.6. The Hall–Kier alpha value is -1.92. The second-order valence-electron chi connectivity index (χ2n) is 7.63. The molecule has 7 heteroatoms. The molecule has 1 aromatic carbocycles. The van der Waals surface area contributed by atoms with Crippen molar-refractivity contribution in [2.45, 2.75) is 39.7 Å². The molecule has 1 fully saturated rings. The molecule has 1 saturated heterocycles. The van der Waals surface area contributed by atoms with E-state index >= 15 is 0 Å². The zero-order valence-electron chi connectivity index (χ0n) is 14.9. The van der Waals surface area contributed by atoms with Crippen molar-refractivity contribution in [3.05, 3.63) is 35.7 Å². The van der Waals surface area contributed by atoms with Crippen LogP contribution in [0.4, 0.5) is 0 Å². The fraction of sp³-hybridized carbons (Fsp3) is 0.500. The molecule has 3 rings (SSSR count). The highest BCUT2D eigenvalue weighted by Gasteiger charge is 2.25. The Kier molecular flexibility index (Phi) is 5.85. The molecular formula is C18H25ClN4O2. The standard InChI is InChI=1S/C18H24N4O2.ClH/c1-18(2,3)10-15-20-16(21-24-15)12-5-4-6-13(9-12)17(23)22-8-7-14(19)11-22;/h4-6,9,14H,7-8,10-11,19H2,1-3H3;1H/t14-;/m1./s1. The first kappa shape index (κ1) is 19.4. The van der Waals surface area contributed by atoms with Crippen LogP contribution < -0.4 is 5.73 Å². The van der Waals surface area contributed by atoms with Crippen LogP contribution in [0.1, 0.15) is 43.4 Å². The van der Waals surface area contributed by atoms with Gasteiger partial charge in [-0.25, -0.2) is 0 Å². The zero-order chi connectivity index (χ0) is 17.3. The van der Waals surface area contributed by atoms with Gasteiger partial charge in [0.25, 0.3) is 5.91 Å². The van der Waals surface area contributed by atoms with Gasteiger partial charge in [-0.3, -0.25) is 4.79 Å². The fourth-order valence-electron chi connectivity index (χ4n) is 2.84. The van der Waals surface area contributed by atoms with Gasteiger partial charge in [-0.15, -0.1) is 12.4 Å².